The first-order chi connectivity index (χ1) is 14.9. The van der Waals surface area contributed by atoms with Crippen LogP contribution in [-0.4, -0.2) is 58.8 Å². The average molecular weight is 423 g/mol. The predicted octanol–water partition coefficient (Wildman–Crippen LogP) is 3.33. The van der Waals surface area contributed by atoms with Gasteiger partial charge in [-0.3, -0.25) is 14.5 Å². The third-order valence-electron chi connectivity index (χ3n) is 6.02. The van der Waals surface area contributed by atoms with E-state index in [2.05, 4.69) is 15.2 Å². The minimum absolute atomic E-state index is 0.0158. The van der Waals surface area contributed by atoms with Crippen LogP contribution >= 0.6 is 0 Å². The van der Waals surface area contributed by atoms with E-state index in [9.17, 15) is 14.0 Å². The average Bonchev–Trinajstić information content (AvgIpc) is 3.23. The van der Waals surface area contributed by atoms with E-state index in [0.717, 1.165) is 16.5 Å². The van der Waals surface area contributed by atoms with E-state index in [-0.39, 0.29) is 29.7 Å². The van der Waals surface area contributed by atoms with Gasteiger partial charge in [-0.1, -0.05) is 30.3 Å². The third-order valence-corrected chi connectivity index (χ3v) is 6.02. The molecule has 0 bridgehead atoms. The molecule has 1 fully saturated rings. The van der Waals surface area contributed by atoms with Gasteiger partial charge >= 0.3 is 0 Å². The lowest BCUT2D eigenvalue weighted by atomic mass is 10.1. The monoisotopic (exact) mass is 422 g/mol. The molecule has 3 aromatic rings. The number of hydrogen-bond donors (Lipinski definition) is 2. The van der Waals surface area contributed by atoms with E-state index >= 15 is 0 Å². The van der Waals surface area contributed by atoms with Gasteiger partial charge < -0.3 is 15.2 Å². The zero-order valence-corrected chi connectivity index (χ0v) is 17.8. The Morgan fingerprint density at radius 1 is 1.00 bits per heavy atom. The van der Waals surface area contributed by atoms with Crippen LogP contribution in [-0.2, 0) is 4.79 Å². The normalized spacial score (nSPS) is 16.8. The molecule has 1 aliphatic rings. The summed E-state index contributed by atoms with van der Waals surface area (Å²) >= 11 is 0. The van der Waals surface area contributed by atoms with Crippen molar-refractivity contribution in [2.75, 3.05) is 26.2 Å². The summed E-state index contributed by atoms with van der Waals surface area (Å²) in [6.07, 6.45) is 0. The van der Waals surface area contributed by atoms with Crippen LogP contribution < -0.4 is 5.32 Å². The minimum atomic E-state index is -0.312. The molecule has 2 N–H and O–H groups in total. The van der Waals surface area contributed by atoms with Gasteiger partial charge in [-0.05, 0) is 43.7 Å². The molecule has 2 unspecified atom stereocenters. The molecule has 4 rings (SSSR count). The van der Waals surface area contributed by atoms with Crippen molar-refractivity contribution in [3.05, 3.63) is 71.7 Å². The number of aromatic amines is 1. The van der Waals surface area contributed by atoms with Crippen molar-refractivity contribution >= 4 is 22.7 Å². The molecular formula is C24H27FN4O2. The molecule has 6 nitrogen and oxygen atoms in total. The molecule has 162 valence electrons. The third kappa shape index (κ3) is 4.61. The summed E-state index contributed by atoms with van der Waals surface area (Å²) < 4.78 is 13.1. The fourth-order valence-corrected chi connectivity index (χ4v) is 4.01. The Morgan fingerprint density at radius 3 is 2.35 bits per heavy atom. The van der Waals surface area contributed by atoms with Crippen LogP contribution in [0.4, 0.5) is 4.39 Å². The number of nitrogens with zero attached hydrogens (tertiary/aromatic N) is 2. The second-order valence-electron chi connectivity index (χ2n) is 8.06. The first-order valence-electron chi connectivity index (χ1n) is 10.6. The smallest absolute Gasteiger partial charge is 0.270 e. The number of piperazine rings is 1. The molecule has 2 amide bonds. The summed E-state index contributed by atoms with van der Waals surface area (Å²) in [7, 11) is 0. The lowest BCUT2D eigenvalue weighted by Crippen LogP contribution is -2.55. The second kappa shape index (κ2) is 8.89. The summed E-state index contributed by atoms with van der Waals surface area (Å²) in [6.45, 7) is 6.16. The van der Waals surface area contributed by atoms with Gasteiger partial charge in [0.2, 0.25) is 5.91 Å². The Kier molecular flexibility index (Phi) is 6.04. The molecule has 31 heavy (non-hydrogen) atoms. The van der Waals surface area contributed by atoms with Gasteiger partial charge in [0.1, 0.15) is 11.5 Å². The number of H-pyrrole nitrogens is 1. The molecular weight excluding hydrogens is 395 g/mol. The molecule has 2 aromatic carbocycles. The quantitative estimate of drug-likeness (QED) is 0.663. The maximum atomic E-state index is 13.1. The van der Waals surface area contributed by atoms with E-state index in [4.69, 9.17) is 0 Å². The van der Waals surface area contributed by atoms with Crippen molar-refractivity contribution in [2.45, 2.75) is 25.9 Å². The number of carbonyl (C=O) groups is 2. The Balaban J connectivity index is 1.31. The van der Waals surface area contributed by atoms with Crippen molar-refractivity contribution < 1.29 is 14.0 Å². The van der Waals surface area contributed by atoms with Gasteiger partial charge in [0.25, 0.3) is 5.91 Å². The number of benzene rings is 2. The molecule has 0 aliphatic carbocycles. The highest BCUT2D eigenvalue weighted by atomic mass is 19.1. The van der Waals surface area contributed by atoms with Crippen molar-refractivity contribution in [1.82, 2.24) is 20.1 Å². The van der Waals surface area contributed by atoms with Crippen LogP contribution in [0.1, 0.15) is 35.9 Å². The molecule has 7 heteroatoms. The second-order valence-corrected chi connectivity index (χ2v) is 8.06. The number of nitrogens with one attached hydrogen (secondary N) is 2. The summed E-state index contributed by atoms with van der Waals surface area (Å²) in [5.74, 6) is -0.388. The van der Waals surface area contributed by atoms with E-state index in [1.54, 1.807) is 12.1 Å². The van der Waals surface area contributed by atoms with E-state index in [1.165, 1.54) is 12.1 Å². The van der Waals surface area contributed by atoms with Gasteiger partial charge in [-0.25, -0.2) is 4.39 Å². The van der Waals surface area contributed by atoms with Crippen LogP contribution in [0.25, 0.3) is 10.9 Å². The first-order valence-corrected chi connectivity index (χ1v) is 10.6. The highest BCUT2D eigenvalue weighted by molar-refractivity contribution is 5.98. The number of aromatic nitrogens is 1. The Bertz CT molecular complexity index is 1040. The van der Waals surface area contributed by atoms with Crippen molar-refractivity contribution in [2.24, 2.45) is 0 Å². The summed E-state index contributed by atoms with van der Waals surface area (Å²) in [5.41, 5.74) is 2.40. The summed E-state index contributed by atoms with van der Waals surface area (Å²) in [5, 5.41) is 4.02. The Hall–Kier alpha value is -3.19. The number of carbonyl (C=O) groups excluding carboxylic acids is 2. The maximum Gasteiger partial charge on any atom is 0.270 e. The van der Waals surface area contributed by atoms with Gasteiger partial charge in [-0.15, -0.1) is 0 Å². The van der Waals surface area contributed by atoms with Crippen molar-refractivity contribution in [3.63, 3.8) is 0 Å². The number of fused-ring (bicyclic) bond motifs is 1. The Morgan fingerprint density at radius 2 is 1.68 bits per heavy atom. The lowest BCUT2D eigenvalue weighted by molar-refractivity contribution is -0.127. The van der Waals surface area contributed by atoms with E-state index < -0.39 is 0 Å². The summed E-state index contributed by atoms with van der Waals surface area (Å²) in [6, 6.07) is 15.3. The molecule has 1 aromatic heterocycles. The van der Waals surface area contributed by atoms with Gasteiger partial charge in [0, 0.05) is 37.1 Å². The van der Waals surface area contributed by atoms with Crippen molar-refractivity contribution in [1.29, 1.82) is 0 Å². The topological polar surface area (TPSA) is 68.4 Å². The van der Waals surface area contributed by atoms with Crippen LogP contribution in [0.5, 0.6) is 0 Å². The Labute approximate surface area is 181 Å². The molecule has 1 aliphatic heterocycles. The number of amides is 2. The van der Waals surface area contributed by atoms with Crippen LogP contribution in [0.15, 0.2) is 54.6 Å². The van der Waals surface area contributed by atoms with Crippen LogP contribution in [0.3, 0.4) is 0 Å². The maximum absolute atomic E-state index is 13.1. The van der Waals surface area contributed by atoms with E-state index in [1.807, 2.05) is 49.1 Å². The highest BCUT2D eigenvalue weighted by Gasteiger charge is 2.29. The van der Waals surface area contributed by atoms with Gasteiger partial charge in [0.05, 0.1) is 12.1 Å². The zero-order chi connectivity index (χ0) is 22.0. The van der Waals surface area contributed by atoms with E-state index in [0.29, 0.717) is 31.9 Å². The molecule has 0 spiro atoms. The summed E-state index contributed by atoms with van der Waals surface area (Å²) in [4.78, 5) is 32.7. The predicted molar refractivity (Wildman–Crippen MR) is 118 cm³/mol. The number of halogens is 1. The number of rotatable bonds is 5. The molecule has 2 heterocycles. The number of para-hydroxylation sites is 1. The van der Waals surface area contributed by atoms with Crippen LogP contribution in [0.2, 0.25) is 0 Å². The zero-order valence-electron chi connectivity index (χ0n) is 17.8. The molecule has 1 saturated heterocycles. The molecule has 0 saturated carbocycles. The SMILES string of the molecule is CC(NC(=O)C(C)N1CCN(C(=O)c2cc3ccccc3[nH]2)CC1)c1ccc(F)cc1. The van der Waals surface area contributed by atoms with Crippen LogP contribution in [0, 0.1) is 5.82 Å². The lowest BCUT2D eigenvalue weighted by Gasteiger charge is -2.37. The largest absolute Gasteiger partial charge is 0.351 e. The van der Waals surface area contributed by atoms with Crippen molar-refractivity contribution in [3.8, 4) is 0 Å². The standard InChI is InChI=1S/C24H27FN4O2/c1-16(18-7-9-20(25)10-8-18)26-23(30)17(2)28-11-13-29(14-12-28)24(31)22-15-19-5-3-4-6-21(19)27-22/h3-10,15-17,27H,11-14H2,1-2H3,(H,26,30). The van der Waals surface area contributed by atoms with Gasteiger partial charge in [-0.2, -0.15) is 0 Å². The van der Waals surface area contributed by atoms with Gasteiger partial charge in [0.15, 0.2) is 0 Å². The first kappa shape index (κ1) is 21.1. The highest BCUT2D eigenvalue weighted by Crippen LogP contribution is 2.18. The minimum Gasteiger partial charge on any atom is -0.351 e. The molecule has 2 atom stereocenters. The fraction of sp³-hybridized carbons (Fsp3) is 0.333. The molecule has 0 radical (unpaired) electrons. The fourth-order valence-electron chi connectivity index (χ4n) is 4.01. The number of hydrogen-bond acceptors (Lipinski definition) is 3.